The van der Waals surface area contributed by atoms with Gasteiger partial charge < -0.3 is 5.32 Å². The highest BCUT2D eigenvalue weighted by Gasteiger charge is 2.24. The number of carbonyl (C=O) groups is 1. The van der Waals surface area contributed by atoms with Crippen LogP contribution in [0.25, 0.3) is 5.65 Å². The number of rotatable bonds is 7. The topological polar surface area (TPSA) is 62.5 Å². The highest BCUT2D eigenvalue weighted by molar-refractivity contribution is 5.78. The number of aromatic nitrogens is 3. The summed E-state index contributed by atoms with van der Waals surface area (Å²) >= 11 is 0. The lowest BCUT2D eigenvalue weighted by atomic mass is 9.99. The van der Waals surface area contributed by atoms with Gasteiger partial charge in [0.1, 0.15) is 5.82 Å². The average Bonchev–Trinajstić information content (AvgIpc) is 3.33. The number of hydrogen-bond donors (Lipinski definition) is 1. The van der Waals surface area contributed by atoms with Crippen LogP contribution in [0.5, 0.6) is 0 Å². The van der Waals surface area contributed by atoms with E-state index in [9.17, 15) is 4.79 Å². The first-order valence-corrected chi connectivity index (χ1v) is 9.62. The van der Waals surface area contributed by atoms with Crippen molar-refractivity contribution in [2.45, 2.75) is 25.2 Å². The zero-order valence-electron chi connectivity index (χ0n) is 15.4. The van der Waals surface area contributed by atoms with Crippen LogP contribution in [-0.4, -0.2) is 51.6 Å². The van der Waals surface area contributed by atoms with E-state index in [4.69, 9.17) is 0 Å². The highest BCUT2D eigenvalue weighted by atomic mass is 16.2. The first-order valence-electron chi connectivity index (χ1n) is 9.62. The molecule has 3 aromatic rings. The lowest BCUT2D eigenvalue weighted by Gasteiger charge is -2.16. The molecule has 0 saturated carbocycles. The van der Waals surface area contributed by atoms with E-state index in [1.165, 1.54) is 5.56 Å². The summed E-state index contributed by atoms with van der Waals surface area (Å²) in [6.45, 7) is 3.09. The molecule has 2 aromatic heterocycles. The number of carbonyl (C=O) groups excluding carboxylic acids is 1. The van der Waals surface area contributed by atoms with Crippen LogP contribution >= 0.6 is 0 Å². The van der Waals surface area contributed by atoms with E-state index in [2.05, 4.69) is 44.7 Å². The molecule has 27 heavy (non-hydrogen) atoms. The Bertz CT molecular complexity index is 892. The van der Waals surface area contributed by atoms with Gasteiger partial charge in [-0.15, -0.1) is 10.2 Å². The minimum atomic E-state index is 0.106. The normalized spacial score (nSPS) is 17.4. The van der Waals surface area contributed by atoms with Crippen molar-refractivity contribution in [2.24, 2.45) is 0 Å². The second-order valence-corrected chi connectivity index (χ2v) is 7.13. The van der Waals surface area contributed by atoms with Crippen LogP contribution in [0.1, 0.15) is 30.1 Å². The number of benzene rings is 1. The van der Waals surface area contributed by atoms with Crippen molar-refractivity contribution in [2.75, 3.05) is 26.2 Å². The van der Waals surface area contributed by atoms with Gasteiger partial charge in [0, 0.05) is 25.7 Å². The Morgan fingerprint density at radius 1 is 1.11 bits per heavy atom. The number of nitrogens with zero attached hydrogens (tertiary/aromatic N) is 4. The third-order valence-electron chi connectivity index (χ3n) is 5.19. The second-order valence-electron chi connectivity index (χ2n) is 7.13. The molecule has 3 heterocycles. The monoisotopic (exact) mass is 363 g/mol. The van der Waals surface area contributed by atoms with Gasteiger partial charge in [0.05, 0.1) is 6.54 Å². The van der Waals surface area contributed by atoms with E-state index < -0.39 is 0 Å². The van der Waals surface area contributed by atoms with Gasteiger partial charge in [-0.05, 0) is 43.0 Å². The van der Waals surface area contributed by atoms with Crippen LogP contribution in [-0.2, 0) is 11.2 Å². The number of likely N-dealkylation sites (tertiary alicyclic amines) is 1. The van der Waals surface area contributed by atoms with Crippen LogP contribution in [0.4, 0.5) is 0 Å². The van der Waals surface area contributed by atoms with Crippen LogP contribution in [0.15, 0.2) is 54.7 Å². The Labute approximate surface area is 159 Å². The molecule has 1 aromatic carbocycles. The minimum Gasteiger partial charge on any atom is -0.355 e. The maximum Gasteiger partial charge on any atom is 0.234 e. The summed E-state index contributed by atoms with van der Waals surface area (Å²) in [6, 6.07) is 16.5. The van der Waals surface area contributed by atoms with Gasteiger partial charge in [-0.3, -0.25) is 14.1 Å². The quantitative estimate of drug-likeness (QED) is 0.654. The number of amides is 1. The summed E-state index contributed by atoms with van der Waals surface area (Å²) in [5.41, 5.74) is 2.24. The number of pyridine rings is 1. The zero-order valence-corrected chi connectivity index (χ0v) is 15.4. The molecular weight excluding hydrogens is 338 g/mol. The molecule has 0 unspecified atom stereocenters. The summed E-state index contributed by atoms with van der Waals surface area (Å²) in [6.07, 6.45) is 4.75. The maximum atomic E-state index is 12.2. The number of hydrogen-bond acceptors (Lipinski definition) is 4. The molecule has 6 heteroatoms. The Kier molecular flexibility index (Phi) is 5.44. The average molecular weight is 363 g/mol. The number of aryl methyl sites for hydroxylation is 1. The van der Waals surface area contributed by atoms with E-state index >= 15 is 0 Å². The van der Waals surface area contributed by atoms with Gasteiger partial charge in [0.25, 0.3) is 0 Å². The Morgan fingerprint density at radius 3 is 2.85 bits per heavy atom. The maximum absolute atomic E-state index is 12.2. The van der Waals surface area contributed by atoms with E-state index in [-0.39, 0.29) is 5.91 Å². The van der Waals surface area contributed by atoms with Crippen molar-refractivity contribution in [3.63, 3.8) is 0 Å². The highest BCUT2D eigenvalue weighted by Crippen LogP contribution is 2.26. The van der Waals surface area contributed by atoms with Crippen LogP contribution in [0, 0.1) is 0 Å². The molecule has 1 aliphatic rings. The van der Waals surface area contributed by atoms with Gasteiger partial charge in [0.2, 0.25) is 5.91 Å². The molecule has 6 nitrogen and oxygen atoms in total. The van der Waals surface area contributed by atoms with Gasteiger partial charge >= 0.3 is 0 Å². The molecule has 1 atom stereocenters. The smallest absolute Gasteiger partial charge is 0.234 e. The van der Waals surface area contributed by atoms with Crippen molar-refractivity contribution in [3.05, 3.63) is 66.1 Å². The Balaban J connectivity index is 1.18. The molecule has 0 spiro atoms. The summed E-state index contributed by atoms with van der Waals surface area (Å²) < 4.78 is 2.00. The van der Waals surface area contributed by atoms with Crippen molar-refractivity contribution >= 4 is 11.6 Å². The number of nitrogens with one attached hydrogen (secondary N) is 1. The molecule has 1 amide bonds. The van der Waals surface area contributed by atoms with Crippen LogP contribution in [0.3, 0.4) is 0 Å². The van der Waals surface area contributed by atoms with E-state index in [1.54, 1.807) is 0 Å². The van der Waals surface area contributed by atoms with Crippen molar-refractivity contribution < 1.29 is 4.79 Å². The summed E-state index contributed by atoms with van der Waals surface area (Å²) in [7, 11) is 0. The third-order valence-corrected chi connectivity index (χ3v) is 5.19. The fraction of sp³-hybridized carbons (Fsp3) is 0.381. The van der Waals surface area contributed by atoms with Crippen LogP contribution in [0.2, 0.25) is 0 Å². The molecular formula is C21H25N5O. The SMILES string of the molecule is O=C(CN1CC[C@H](c2ccccc2)C1)NCCCc1nnc2ccccn12. The van der Waals surface area contributed by atoms with E-state index in [0.717, 1.165) is 43.8 Å². The van der Waals surface area contributed by atoms with Crippen molar-refractivity contribution in [3.8, 4) is 0 Å². The fourth-order valence-corrected chi connectivity index (χ4v) is 3.77. The molecule has 1 aliphatic heterocycles. The zero-order chi connectivity index (χ0) is 18.5. The van der Waals surface area contributed by atoms with Gasteiger partial charge in [-0.1, -0.05) is 36.4 Å². The predicted molar refractivity (Wildman–Crippen MR) is 105 cm³/mol. The third kappa shape index (κ3) is 4.34. The molecule has 1 N–H and O–H groups in total. The lowest BCUT2D eigenvalue weighted by molar-refractivity contribution is -0.122. The summed E-state index contributed by atoms with van der Waals surface area (Å²) in [5.74, 6) is 1.58. The molecule has 1 saturated heterocycles. The molecule has 4 rings (SSSR count). The van der Waals surface area contributed by atoms with Crippen molar-refractivity contribution in [1.29, 1.82) is 0 Å². The Hall–Kier alpha value is -2.73. The second kappa shape index (κ2) is 8.31. The summed E-state index contributed by atoms with van der Waals surface area (Å²) in [5, 5.41) is 11.4. The first kappa shape index (κ1) is 17.7. The molecule has 0 radical (unpaired) electrons. The predicted octanol–water partition coefficient (Wildman–Crippen LogP) is 2.27. The first-order chi connectivity index (χ1) is 13.3. The largest absolute Gasteiger partial charge is 0.355 e. The van der Waals surface area contributed by atoms with Gasteiger partial charge in [-0.25, -0.2) is 0 Å². The summed E-state index contributed by atoms with van der Waals surface area (Å²) in [4.78, 5) is 14.5. The van der Waals surface area contributed by atoms with E-state index in [0.29, 0.717) is 19.0 Å². The molecule has 0 aliphatic carbocycles. The molecule has 0 bridgehead atoms. The molecule has 1 fully saturated rings. The lowest BCUT2D eigenvalue weighted by Crippen LogP contribution is -2.36. The molecule has 140 valence electrons. The van der Waals surface area contributed by atoms with Crippen molar-refractivity contribution in [1.82, 2.24) is 24.8 Å². The van der Waals surface area contributed by atoms with E-state index in [1.807, 2.05) is 34.9 Å². The van der Waals surface area contributed by atoms with Gasteiger partial charge in [0.15, 0.2) is 5.65 Å². The minimum absolute atomic E-state index is 0.106. The fourth-order valence-electron chi connectivity index (χ4n) is 3.77. The number of fused-ring (bicyclic) bond motifs is 1. The standard InChI is InChI=1S/C21H25N5O/c27-21(16-25-14-11-18(15-25)17-7-2-1-3-8-17)22-12-6-10-20-24-23-19-9-4-5-13-26(19)20/h1-5,7-9,13,18H,6,10-12,14-16H2,(H,22,27)/t18-/m0/s1. The Morgan fingerprint density at radius 2 is 1.96 bits per heavy atom. The van der Waals surface area contributed by atoms with Crippen LogP contribution < -0.4 is 5.32 Å². The van der Waals surface area contributed by atoms with Gasteiger partial charge in [-0.2, -0.15) is 0 Å².